The molecule has 0 atom stereocenters. The lowest BCUT2D eigenvalue weighted by Gasteiger charge is -2.30. The molecule has 1 saturated heterocycles. The van der Waals surface area contributed by atoms with Gasteiger partial charge < -0.3 is 18.8 Å². The van der Waals surface area contributed by atoms with Crippen molar-refractivity contribution in [3.63, 3.8) is 0 Å². The highest BCUT2D eigenvalue weighted by Gasteiger charge is 2.19. The van der Waals surface area contributed by atoms with E-state index in [1.807, 2.05) is 24.3 Å². The second-order valence-corrected chi connectivity index (χ2v) is 6.72. The largest absolute Gasteiger partial charge is 0.497 e. The van der Waals surface area contributed by atoms with Crippen molar-refractivity contribution < 1.29 is 9.47 Å². The predicted octanol–water partition coefficient (Wildman–Crippen LogP) is 3.61. The van der Waals surface area contributed by atoms with E-state index in [-0.39, 0.29) is 0 Å². The van der Waals surface area contributed by atoms with Gasteiger partial charge in [-0.2, -0.15) is 0 Å². The van der Waals surface area contributed by atoms with Crippen LogP contribution in [0.5, 0.6) is 11.6 Å². The molecular weight excluding hydrogens is 314 g/mol. The van der Waals surface area contributed by atoms with Crippen LogP contribution in [0.3, 0.4) is 0 Å². The SMILES string of the molecule is CCN1CCC(COc2nc3cc(OC)ccc3n3cccc23)CC1. The zero-order chi connectivity index (χ0) is 17.2. The summed E-state index contributed by atoms with van der Waals surface area (Å²) in [5.74, 6) is 2.13. The number of hydrogen-bond donors (Lipinski definition) is 0. The van der Waals surface area contributed by atoms with Gasteiger partial charge >= 0.3 is 0 Å². The number of fused-ring (bicyclic) bond motifs is 3. The molecule has 0 radical (unpaired) electrons. The normalized spacial score (nSPS) is 16.6. The fourth-order valence-corrected chi connectivity index (χ4v) is 3.63. The number of benzene rings is 1. The molecule has 0 bridgehead atoms. The maximum atomic E-state index is 6.18. The lowest BCUT2D eigenvalue weighted by atomic mass is 9.98. The van der Waals surface area contributed by atoms with Gasteiger partial charge in [0.2, 0.25) is 5.88 Å². The fourth-order valence-electron chi connectivity index (χ4n) is 3.63. The third-order valence-electron chi connectivity index (χ3n) is 5.24. The molecule has 0 N–H and O–H groups in total. The van der Waals surface area contributed by atoms with E-state index in [1.54, 1.807) is 7.11 Å². The van der Waals surface area contributed by atoms with Gasteiger partial charge in [0.1, 0.15) is 11.3 Å². The van der Waals surface area contributed by atoms with E-state index in [1.165, 1.54) is 25.9 Å². The average Bonchev–Trinajstić information content (AvgIpc) is 3.16. The van der Waals surface area contributed by atoms with Crippen molar-refractivity contribution in [2.75, 3.05) is 33.4 Å². The van der Waals surface area contributed by atoms with Crippen molar-refractivity contribution in [3.05, 3.63) is 36.5 Å². The number of nitrogens with zero attached hydrogens (tertiary/aromatic N) is 3. The summed E-state index contributed by atoms with van der Waals surface area (Å²) in [6.07, 6.45) is 4.46. The molecule has 5 nitrogen and oxygen atoms in total. The molecule has 132 valence electrons. The quantitative estimate of drug-likeness (QED) is 0.712. The maximum Gasteiger partial charge on any atom is 0.238 e. The Kier molecular flexibility index (Phi) is 4.49. The van der Waals surface area contributed by atoms with Crippen LogP contribution in [0.4, 0.5) is 0 Å². The van der Waals surface area contributed by atoms with E-state index >= 15 is 0 Å². The van der Waals surface area contributed by atoms with Gasteiger partial charge in [0.25, 0.3) is 0 Å². The van der Waals surface area contributed by atoms with Crippen LogP contribution in [-0.4, -0.2) is 47.6 Å². The van der Waals surface area contributed by atoms with Crippen molar-refractivity contribution in [3.8, 4) is 11.6 Å². The van der Waals surface area contributed by atoms with Crippen molar-refractivity contribution in [1.29, 1.82) is 0 Å². The summed E-state index contributed by atoms with van der Waals surface area (Å²) in [7, 11) is 1.68. The Bertz CT molecular complexity index is 866. The highest BCUT2D eigenvalue weighted by atomic mass is 16.5. The molecular formula is C20H25N3O2. The lowest BCUT2D eigenvalue weighted by Crippen LogP contribution is -2.35. The first-order valence-corrected chi connectivity index (χ1v) is 9.08. The minimum atomic E-state index is 0.612. The van der Waals surface area contributed by atoms with Gasteiger partial charge in [0.15, 0.2) is 0 Å². The van der Waals surface area contributed by atoms with Crippen molar-refractivity contribution >= 4 is 16.6 Å². The van der Waals surface area contributed by atoms with Gasteiger partial charge in [-0.25, -0.2) is 4.98 Å². The molecule has 25 heavy (non-hydrogen) atoms. The fraction of sp³-hybridized carbons (Fsp3) is 0.450. The number of piperidine rings is 1. The number of aromatic nitrogens is 2. The predicted molar refractivity (Wildman–Crippen MR) is 99.6 cm³/mol. The van der Waals surface area contributed by atoms with Gasteiger partial charge in [-0.3, -0.25) is 0 Å². The Labute approximate surface area is 148 Å². The summed E-state index contributed by atoms with van der Waals surface area (Å²) in [4.78, 5) is 7.27. The topological polar surface area (TPSA) is 39.0 Å². The second-order valence-electron chi connectivity index (χ2n) is 6.72. The minimum absolute atomic E-state index is 0.612. The van der Waals surface area contributed by atoms with E-state index in [4.69, 9.17) is 14.5 Å². The number of hydrogen-bond acceptors (Lipinski definition) is 4. The minimum Gasteiger partial charge on any atom is -0.497 e. The monoisotopic (exact) mass is 339 g/mol. The van der Waals surface area contributed by atoms with Gasteiger partial charge in [-0.15, -0.1) is 0 Å². The summed E-state index contributed by atoms with van der Waals surface area (Å²) in [6, 6.07) is 10.1. The van der Waals surface area contributed by atoms with Crippen molar-refractivity contribution in [2.45, 2.75) is 19.8 Å². The Balaban J connectivity index is 1.58. The van der Waals surface area contributed by atoms with Gasteiger partial charge in [-0.1, -0.05) is 6.92 Å². The molecule has 2 aromatic heterocycles. The summed E-state index contributed by atoms with van der Waals surface area (Å²) in [6.45, 7) is 6.46. The molecule has 0 spiro atoms. The first kappa shape index (κ1) is 16.2. The third-order valence-corrected chi connectivity index (χ3v) is 5.24. The zero-order valence-corrected chi connectivity index (χ0v) is 14.9. The average molecular weight is 339 g/mol. The molecule has 0 saturated carbocycles. The molecule has 3 heterocycles. The molecule has 4 rings (SSSR count). The molecule has 1 aliphatic rings. The first-order valence-electron chi connectivity index (χ1n) is 9.08. The molecule has 0 unspecified atom stereocenters. The third kappa shape index (κ3) is 3.16. The Hall–Kier alpha value is -2.27. The smallest absolute Gasteiger partial charge is 0.238 e. The van der Waals surface area contributed by atoms with Crippen LogP contribution in [0.2, 0.25) is 0 Å². The molecule has 1 fully saturated rings. The Morgan fingerprint density at radius 3 is 2.76 bits per heavy atom. The lowest BCUT2D eigenvalue weighted by molar-refractivity contribution is 0.144. The highest BCUT2D eigenvalue weighted by molar-refractivity contribution is 5.82. The number of rotatable bonds is 5. The Morgan fingerprint density at radius 1 is 1.16 bits per heavy atom. The van der Waals surface area contributed by atoms with Gasteiger partial charge in [-0.05, 0) is 62.7 Å². The summed E-state index contributed by atoms with van der Waals surface area (Å²) in [5.41, 5.74) is 2.96. The molecule has 1 aliphatic heterocycles. The van der Waals surface area contributed by atoms with Crippen LogP contribution in [0.1, 0.15) is 19.8 Å². The molecule has 0 amide bonds. The maximum absolute atomic E-state index is 6.18. The van der Waals surface area contributed by atoms with Gasteiger partial charge in [0.05, 0.1) is 24.8 Å². The van der Waals surface area contributed by atoms with Crippen LogP contribution in [-0.2, 0) is 0 Å². The van der Waals surface area contributed by atoms with E-state index in [2.05, 4.69) is 28.5 Å². The first-order chi connectivity index (χ1) is 12.3. The van der Waals surface area contributed by atoms with E-state index in [9.17, 15) is 0 Å². The van der Waals surface area contributed by atoms with Crippen LogP contribution >= 0.6 is 0 Å². The van der Waals surface area contributed by atoms with E-state index in [0.29, 0.717) is 11.8 Å². The Morgan fingerprint density at radius 2 is 2.00 bits per heavy atom. The molecule has 1 aromatic carbocycles. The summed E-state index contributed by atoms with van der Waals surface area (Å²) in [5, 5.41) is 0. The summed E-state index contributed by atoms with van der Waals surface area (Å²) < 4.78 is 13.6. The standard InChI is InChI=1S/C20H25N3O2/c1-3-22-11-8-15(9-12-22)14-25-20-19-5-4-10-23(19)18-7-6-16(24-2)13-17(18)21-20/h4-7,10,13,15H,3,8-9,11-12,14H2,1-2H3. The number of ether oxygens (including phenoxy) is 2. The summed E-state index contributed by atoms with van der Waals surface area (Å²) >= 11 is 0. The van der Waals surface area contributed by atoms with Gasteiger partial charge in [0, 0.05) is 12.3 Å². The van der Waals surface area contributed by atoms with Crippen LogP contribution in [0.25, 0.3) is 16.6 Å². The number of likely N-dealkylation sites (tertiary alicyclic amines) is 1. The number of methoxy groups -OCH3 is 1. The molecule has 0 aliphatic carbocycles. The van der Waals surface area contributed by atoms with Crippen molar-refractivity contribution in [1.82, 2.24) is 14.3 Å². The van der Waals surface area contributed by atoms with Crippen molar-refractivity contribution in [2.24, 2.45) is 5.92 Å². The molecule has 3 aromatic rings. The molecule has 5 heteroatoms. The second kappa shape index (κ2) is 6.92. The highest BCUT2D eigenvalue weighted by Crippen LogP contribution is 2.27. The van der Waals surface area contributed by atoms with E-state index in [0.717, 1.165) is 35.5 Å². The van der Waals surface area contributed by atoms with E-state index < -0.39 is 0 Å². The zero-order valence-electron chi connectivity index (χ0n) is 14.9. The van der Waals surface area contributed by atoms with Crippen LogP contribution in [0.15, 0.2) is 36.5 Å². The van der Waals surface area contributed by atoms with Crippen LogP contribution in [0, 0.1) is 5.92 Å². The van der Waals surface area contributed by atoms with Crippen LogP contribution < -0.4 is 9.47 Å².